The van der Waals surface area contributed by atoms with Gasteiger partial charge in [0.1, 0.15) is 0 Å². The lowest BCUT2D eigenvalue weighted by Crippen LogP contribution is -2.03. The van der Waals surface area contributed by atoms with Gasteiger partial charge >= 0.3 is 0 Å². The van der Waals surface area contributed by atoms with E-state index in [1.807, 2.05) is 73.7 Å². The number of nitrogens with zero attached hydrogens (tertiary/aromatic N) is 3. The number of benzene rings is 2. The van der Waals surface area contributed by atoms with Crippen molar-refractivity contribution in [2.24, 2.45) is 5.10 Å². The van der Waals surface area contributed by atoms with Gasteiger partial charge in [-0.05, 0) is 48.9 Å². The van der Waals surface area contributed by atoms with Crippen molar-refractivity contribution in [1.82, 2.24) is 9.97 Å². The Bertz CT molecular complexity index is 1170. The lowest BCUT2D eigenvalue weighted by Gasteiger charge is -2.12. The topological polar surface area (TPSA) is 50.2 Å². The predicted octanol–water partition coefficient (Wildman–Crippen LogP) is 6.44. The molecule has 0 spiro atoms. The molecule has 0 amide bonds. The van der Waals surface area contributed by atoms with E-state index in [0.29, 0.717) is 21.5 Å². The number of hydrazone groups is 1. The normalized spacial score (nSPS) is 11.6. The molecule has 0 radical (unpaired) electrons. The average Bonchev–Trinajstić information content (AvgIpc) is 2.72. The Morgan fingerprint density at radius 3 is 2.50 bits per heavy atom. The molecule has 2 aromatic heterocycles. The summed E-state index contributed by atoms with van der Waals surface area (Å²) >= 11 is 12.4. The third kappa shape index (κ3) is 3.84. The second-order valence-electron chi connectivity index (χ2n) is 6.23. The highest BCUT2D eigenvalue weighted by atomic mass is 35.5. The summed E-state index contributed by atoms with van der Waals surface area (Å²) in [6.07, 6.45) is 1.72. The monoisotopic (exact) mass is 406 g/mol. The Balaban J connectivity index is 1.78. The maximum Gasteiger partial charge on any atom is 0.161 e. The standard InChI is InChI=1S/C22H16Cl2N4/c1-14(15-8-10-17(23)11-9-15)27-28-22-19(18-6-2-3-7-20(18)24)13-16-5-4-12-25-21(16)26-22/h2-13H,1H3,(H,25,26,28)/b27-14+. The molecule has 0 fully saturated rings. The summed E-state index contributed by atoms with van der Waals surface area (Å²) in [5.74, 6) is 0.590. The molecule has 0 bridgehead atoms. The van der Waals surface area contributed by atoms with Crippen LogP contribution in [-0.4, -0.2) is 15.7 Å². The smallest absolute Gasteiger partial charge is 0.161 e. The second-order valence-corrected chi connectivity index (χ2v) is 7.07. The van der Waals surface area contributed by atoms with E-state index in [0.717, 1.165) is 27.8 Å². The van der Waals surface area contributed by atoms with Crippen LogP contribution >= 0.6 is 23.2 Å². The molecule has 0 aliphatic carbocycles. The van der Waals surface area contributed by atoms with Crippen LogP contribution in [0.25, 0.3) is 22.2 Å². The molecule has 28 heavy (non-hydrogen) atoms. The van der Waals surface area contributed by atoms with E-state index >= 15 is 0 Å². The van der Waals surface area contributed by atoms with Crippen molar-refractivity contribution in [1.29, 1.82) is 0 Å². The summed E-state index contributed by atoms with van der Waals surface area (Å²) in [5.41, 5.74) is 7.24. The van der Waals surface area contributed by atoms with E-state index in [1.54, 1.807) is 6.20 Å². The molecule has 0 aliphatic rings. The first kappa shape index (κ1) is 18.4. The van der Waals surface area contributed by atoms with Gasteiger partial charge in [0, 0.05) is 32.8 Å². The first-order valence-electron chi connectivity index (χ1n) is 8.69. The van der Waals surface area contributed by atoms with Gasteiger partial charge in [-0.25, -0.2) is 9.97 Å². The van der Waals surface area contributed by atoms with E-state index in [9.17, 15) is 0 Å². The second kappa shape index (κ2) is 7.97. The van der Waals surface area contributed by atoms with Crippen LogP contribution in [0.3, 0.4) is 0 Å². The van der Waals surface area contributed by atoms with Gasteiger partial charge in [0.2, 0.25) is 0 Å². The summed E-state index contributed by atoms with van der Waals surface area (Å²) in [4.78, 5) is 9.01. The Morgan fingerprint density at radius 1 is 0.929 bits per heavy atom. The SMILES string of the molecule is C/C(=N\Nc1nc2ncccc2cc1-c1ccccc1Cl)c1ccc(Cl)cc1. The van der Waals surface area contributed by atoms with Crippen molar-refractivity contribution >= 4 is 45.8 Å². The zero-order valence-electron chi connectivity index (χ0n) is 15.0. The fourth-order valence-corrected chi connectivity index (χ4v) is 3.23. The Kier molecular flexibility index (Phi) is 5.24. The maximum absolute atomic E-state index is 6.44. The Hall–Kier alpha value is -2.95. The average molecular weight is 407 g/mol. The molecular weight excluding hydrogens is 391 g/mol. The number of fused-ring (bicyclic) bond motifs is 1. The first-order chi connectivity index (χ1) is 13.6. The molecule has 4 nitrogen and oxygen atoms in total. The van der Waals surface area contributed by atoms with Gasteiger partial charge in [0.25, 0.3) is 0 Å². The highest BCUT2D eigenvalue weighted by Gasteiger charge is 2.12. The van der Waals surface area contributed by atoms with Crippen molar-refractivity contribution in [3.8, 4) is 11.1 Å². The third-order valence-corrected chi connectivity index (χ3v) is 4.93. The van der Waals surface area contributed by atoms with E-state index in [2.05, 4.69) is 20.5 Å². The van der Waals surface area contributed by atoms with Crippen molar-refractivity contribution < 1.29 is 0 Å². The van der Waals surface area contributed by atoms with E-state index in [-0.39, 0.29) is 0 Å². The molecule has 0 aliphatic heterocycles. The van der Waals surface area contributed by atoms with Crippen LogP contribution in [0.1, 0.15) is 12.5 Å². The van der Waals surface area contributed by atoms with Gasteiger partial charge < -0.3 is 0 Å². The zero-order valence-corrected chi connectivity index (χ0v) is 16.5. The quantitative estimate of drug-likeness (QED) is 0.313. The van der Waals surface area contributed by atoms with Crippen molar-refractivity contribution in [2.45, 2.75) is 6.92 Å². The van der Waals surface area contributed by atoms with Crippen LogP contribution in [-0.2, 0) is 0 Å². The largest absolute Gasteiger partial charge is 0.261 e. The number of nitrogens with one attached hydrogen (secondary N) is 1. The van der Waals surface area contributed by atoms with Crippen molar-refractivity contribution in [2.75, 3.05) is 5.43 Å². The molecule has 0 unspecified atom stereocenters. The molecule has 0 saturated heterocycles. The van der Waals surface area contributed by atoms with Crippen LogP contribution in [0.4, 0.5) is 5.82 Å². The van der Waals surface area contributed by atoms with Crippen molar-refractivity contribution in [3.63, 3.8) is 0 Å². The summed E-state index contributed by atoms with van der Waals surface area (Å²) in [5, 5.41) is 6.77. The fraction of sp³-hybridized carbons (Fsp3) is 0.0455. The van der Waals surface area contributed by atoms with E-state index < -0.39 is 0 Å². The van der Waals surface area contributed by atoms with Gasteiger partial charge in [0.15, 0.2) is 11.5 Å². The van der Waals surface area contributed by atoms with Crippen molar-refractivity contribution in [3.05, 3.63) is 88.5 Å². The molecule has 2 aromatic carbocycles. The summed E-state index contributed by atoms with van der Waals surface area (Å²) in [6, 6.07) is 21.1. The Labute approximate surface area is 172 Å². The molecule has 0 saturated carbocycles. The Morgan fingerprint density at radius 2 is 1.71 bits per heavy atom. The van der Waals surface area contributed by atoms with E-state index in [4.69, 9.17) is 23.2 Å². The van der Waals surface area contributed by atoms with Crippen LogP contribution in [0.5, 0.6) is 0 Å². The lowest BCUT2D eigenvalue weighted by molar-refractivity contribution is 1.22. The zero-order chi connectivity index (χ0) is 19.5. The molecule has 1 N–H and O–H groups in total. The van der Waals surface area contributed by atoms with Crippen LogP contribution in [0, 0.1) is 0 Å². The first-order valence-corrected chi connectivity index (χ1v) is 9.44. The van der Waals surface area contributed by atoms with E-state index in [1.165, 1.54) is 0 Å². The van der Waals surface area contributed by atoms with Gasteiger partial charge in [-0.2, -0.15) is 5.10 Å². The predicted molar refractivity (Wildman–Crippen MR) is 117 cm³/mol. The molecule has 4 rings (SSSR count). The molecule has 2 heterocycles. The number of hydrogen-bond acceptors (Lipinski definition) is 4. The minimum absolute atomic E-state index is 0.590. The molecule has 138 valence electrons. The third-order valence-electron chi connectivity index (χ3n) is 4.35. The molecule has 0 atom stereocenters. The van der Waals surface area contributed by atoms with Crippen LogP contribution in [0.2, 0.25) is 10.0 Å². The molecule has 6 heteroatoms. The number of pyridine rings is 2. The minimum atomic E-state index is 0.590. The van der Waals surface area contributed by atoms with Gasteiger partial charge in [-0.3, -0.25) is 5.43 Å². The summed E-state index contributed by atoms with van der Waals surface area (Å²) in [7, 11) is 0. The number of anilines is 1. The van der Waals surface area contributed by atoms with Crippen LogP contribution in [0.15, 0.2) is 78.0 Å². The highest BCUT2D eigenvalue weighted by Crippen LogP contribution is 2.34. The number of halogens is 2. The number of aromatic nitrogens is 2. The number of rotatable bonds is 4. The molecular formula is C22H16Cl2N4. The lowest BCUT2D eigenvalue weighted by atomic mass is 10.1. The summed E-state index contributed by atoms with van der Waals surface area (Å²) < 4.78 is 0. The van der Waals surface area contributed by atoms with Crippen LogP contribution < -0.4 is 5.43 Å². The van der Waals surface area contributed by atoms with Gasteiger partial charge in [-0.15, -0.1) is 0 Å². The van der Waals surface area contributed by atoms with Gasteiger partial charge in [-0.1, -0.05) is 53.5 Å². The minimum Gasteiger partial charge on any atom is -0.261 e. The molecule has 4 aromatic rings. The highest BCUT2D eigenvalue weighted by molar-refractivity contribution is 6.33. The fourth-order valence-electron chi connectivity index (χ4n) is 2.87. The van der Waals surface area contributed by atoms with Gasteiger partial charge in [0.05, 0.1) is 5.71 Å². The summed E-state index contributed by atoms with van der Waals surface area (Å²) in [6.45, 7) is 1.92. The maximum atomic E-state index is 6.44. The number of hydrogen-bond donors (Lipinski definition) is 1.